The van der Waals surface area contributed by atoms with Crippen LogP contribution in [0.5, 0.6) is 0 Å². The van der Waals surface area contributed by atoms with Gasteiger partial charge < -0.3 is 5.11 Å². The first-order valence-electron chi connectivity index (χ1n) is 4.83. The average Bonchev–Trinajstić information content (AvgIpc) is 2.87. The Morgan fingerprint density at radius 1 is 1.33 bits per heavy atom. The van der Waals surface area contributed by atoms with E-state index in [9.17, 15) is 13.2 Å². The summed E-state index contributed by atoms with van der Waals surface area (Å²) in [6.07, 6.45) is -0.168. The number of aliphatic carboxylic acids is 1. The molecule has 2 N–H and O–H groups in total. The molecule has 0 aliphatic carbocycles. The van der Waals surface area contributed by atoms with Crippen molar-refractivity contribution < 1.29 is 18.3 Å². The van der Waals surface area contributed by atoms with Crippen molar-refractivity contribution >= 4 is 44.4 Å². The van der Waals surface area contributed by atoms with Crippen LogP contribution in [-0.2, 0) is 21.2 Å². The molecule has 2 aromatic heterocycles. The Morgan fingerprint density at radius 3 is 2.72 bits per heavy atom. The molecule has 8 heteroatoms. The summed E-state index contributed by atoms with van der Waals surface area (Å²) in [5.74, 6) is -0.980. The van der Waals surface area contributed by atoms with Crippen LogP contribution in [0.1, 0.15) is 4.88 Å². The van der Waals surface area contributed by atoms with Gasteiger partial charge in [-0.05, 0) is 23.6 Å². The summed E-state index contributed by atoms with van der Waals surface area (Å²) in [7, 11) is -3.62. The summed E-state index contributed by atoms with van der Waals surface area (Å²) in [6.45, 7) is 0. The highest BCUT2D eigenvalue weighted by Crippen LogP contribution is 2.25. The molecule has 0 spiro atoms. The molecule has 96 valence electrons. The van der Waals surface area contributed by atoms with Gasteiger partial charge in [-0.15, -0.1) is 11.3 Å². The minimum Gasteiger partial charge on any atom is -0.481 e. The first-order chi connectivity index (χ1) is 8.47. The Labute approximate surface area is 112 Å². The quantitative estimate of drug-likeness (QED) is 0.887. The van der Waals surface area contributed by atoms with Crippen molar-refractivity contribution in [2.24, 2.45) is 0 Å². The van der Waals surface area contributed by atoms with Crippen LogP contribution >= 0.6 is 22.7 Å². The normalized spacial score (nSPS) is 11.3. The van der Waals surface area contributed by atoms with Crippen LogP contribution in [0.25, 0.3) is 0 Å². The summed E-state index contributed by atoms with van der Waals surface area (Å²) in [5.41, 5.74) is 0.508. The maximum atomic E-state index is 12.0. The van der Waals surface area contributed by atoms with Gasteiger partial charge in [0.2, 0.25) is 0 Å². The molecule has 2 rings (SSSR count). The Balaban J connectivity index is 2.19. The SMILES string of the molecule is O=C(O)Cc1ccc(S(=O)(=O)Nc2ccsc2)s1. The van der Waals surface area contributed by atoms with Gasteiger partial charge >= 0.3 is 5.97 Å². The summed E-state index contributed by atoms with van der Waals surface area (Å²) in [6, 6.07) is 4.59. The van der Waals surface area contributed by atoms with Gasteiger partial charge in [0.15, 0.2) is 0 Å². The van der Waals surface area contributed by atoms with Gasteiger partial charge in [0.1, 0.15) is 4.21 Å². The van der Waals surface area contributed by atoms with E-state index in [1.54, 1.807) is 16.8 Å². The first kappa shape index (κ1) is 13.1. The smallest absolute Gasteiger partial charge is 0.308 e. The highest BCUT2D eigenvalue weighted by atomic mass is 32.2. The third-order valence-electron chi connectivity index (χ3n) is 2.00. The van der Waals surface area contributed by atoms with Crippen LogP contribution in [0.15, 0.2) is 33.2 Å². The van der Waals surface area contributed by atoms with Crippen LogP contribution in [0.2, 0.25) is 0 Å². The highest BCUT2D eigenvalue weighted by molar-refractivity contribution is 7.94. The van der Waals surface area contributed by atoms with E-state index in [1.165, 1.54) is 23.5 Å². The van der Waals surface area contributed by atoms with E-state index >= 15 is 0 Å². The van der Waals surface area contributed by atoms with Gasteiger partial charge in [-0.1, -0.05) is 0 Å². The lowest BCUT2D eigenvalue weighted by Gasteiger charge is -2.02. The van der Waals surface area contributed by atoms with Gasteiger partial charge in [-0.3, -0.25) is 9.52 Å². The topological polar surface area (TPSA) is 83.5 Å². The molecule has 0 aliphatic heterocycles. The maximum Gasteiger partial charge on any atom is 0.308 e. The third kappa shape index (κ3) is 3.09. The Morgan fingerprint density at radius 2 is 2.11 bits per heavy atom. The van der Waals surface area contributed by atoms with Gasteiger partial charge in [0, 0.05) is 10.3 Å². The molecule has 0 fully saturated rings. The van der Waals surface area contributed by atoms with Crippen LogP contribution in [0, 0.1) is 0 Å². The van der Waals surface area contributed by atoms with Gasteiger partial charge in [-0.25, -0.2) is 8.42 Å². The number of sulfonamides is 1. The van der Waals surface area contributed by atoms with Gasteiger partial charge in [0.05, 0.1) is 12.1 Å². The van der Waals surface area contributed by atoms with Crippen LogP contribution in [-0.4, -0.2) is 19.5 Å². The van der Waals surface area contributed by atoms with Gasteiger partial charge in [0.25, 0.3) is 10.0 Å². The fraction of sp³-hybridized carbons (Fsp3) is 0.100. The second-order valence-electron chi connectivity index (χ2n) is 3.41. The molecule has 18 heavy (non-hydrogen) atoms. The van der Waals surface area contributed by atoms with Crippen molar-refractivity contribution in [3.63, 3.8) is 0 Å². The number of nitrogens with one attached hydrogen (secondary N) is 1. The minimum atomic E-state index is -3.62. The summed E-state index contributed by atoms with van der Waals surface area (Å²) >= 11 is 2.35. The van der Waals surface area contributed by atoms with E-state index in [1.807, 2.05) is 0 Å². The average molecular weight is 303 g/mol. The summed E-state index contributed by atoms with van der Waals surface area (Å²) < 4.78 is 26.5. The molecule has 0 atom stereocenters. The van der Waals surface area contributed by atoms with E-state index in [0.29, 0.717) is 10.6 Å². The van der Waals surface area contributed by atoms with Crippen molar-refractivity contribution in [2.45, 2.75) is 10.6 Å². The van der Waals surface area contributed by atoms with Crippen LogP contribution in [0.4, 0.5) is 5.69 Å². The molecule has 0 aromatic carbocycles. The lowest BCUT2D eigenvalue weighted by molar-refractivity contribution is -0.136. The van der Waals surface area contributed by atoms with E-state index in [-0.39, 0.29) is 10.6 Å². The van der Waals surface area contributed by atoms with Crippen molar-refractivity contribution in [1.29, 1.82) is 0 Å². The maximum absolute atomic E-state index is 12.0. The lowest BCUT2D eigenvalue weighted by Crippen LogP contribution is -2.10. The monoisotopic (exact) mass is 303 g/mol. The number of thiophene rings is 2. The number of carbonyl (C=O) groups is 1. The molecule has 0 saturated heterocycles. The van der Waals surface area contributed by atoms with Crippen molar-refractivity contribution in [3.05, 3.63) is 33.8 Å². The molecule has 2 heterocycles. The molecular weight excluding hydrogens is 294 g/mol. The number of carboxylic acids is 1. The molecular formula is C10H9NO4S3. The summed E-state index contributed by atoms with van der Waals surface area (Å²) in [5, 5.41) is 12.1. The molecule has 0 unspecified atom stereocenters. The Kier molecular flexibility index (Phi) is 3.69. The largest absolute Gasteiger partial charge is 0.481 e. The van der Waals surface area contributed by atoms with Crippen LogP contribution < -0.4 is 4.72 Å². The number of hydrogen-bond donors (Lipinski definition) is 2. The molecule has 0 aliphatic rings. The predicted octanol–water partition coefficient (Wildman–Crippen LogP) is 2.24. The van der Waals surface area contributed by atoms with Gasteiger partial charge in [-0.2, -0.15) is 11.3 Å². The molecule has 0 bridgehead atoms. The number of anilines is 1. The van der Waals surface area contributed by atoms with E-state index in [0.717, 1.165) is 11.3 Å². The molecule has 2 aromatic rings. The zero-order valence-electron chi connectivity index (χ0n) is 8.99. The molecule has 0 amide bonds. The summed E-state index contributed by atoms with van der Waals surface area (Å²) in [4.78, 5) is 11.0. The van der Waals surface area contributed by atoms with E-state index in [2.05, 4.69) is 4.72 Å². The minimum absolute atomic E-state index is 0.116. The number of rotatable bonds is 5. The van der Waals surface area contributed by atoms with Crippen molar-refractivity contribution in [3.8, 4) is 0 Å². The molecule has 0 saturated carbocycles. The fourth-order valence-electron chi connectivity index (χ4n) is 1.27. The predicted molar refractivity (Wildman–Crippen MR) is 70.8 cm³/mol. The fourth-order valence-corrected chi connectivity index (χ4v) is 4.33. The van der Waals surface area contributed by atoms with E-state index < -0.39 is 16.0 Å². The van der Waals surface area contributed by atoms with Crippen molar-refractivity contribution in [1.82, 2.24) is 0 Å². The molecule has 5 nitrogen and oxygen atoms in total. The van der Waals surface area contributed by atoms with Crippen molar-refractivity contribution in [2.75, 3.05) is 4.72 Å². The second-order valence-corrected chi connectivity index (χ2v) is 7.27. The first-order valence-corrected chi connectivity index (χ1v) is 8.07. The Hall–Kier alpha value is -1.38. The third-order valence-corrected chi connectivity index (χ3v) is 5.64. The standard InChI is InChI=1S/C10H9NO4S3/c12-9(13)5-8-1-2-10(17-8)18(14,15)11-7-3-4-16-6-7/h1-4,6,11H,5H2,(H,12,13). The lowest BCUT2D eigenvalue weighted by atomic mass is 10.3. The molecule has 0 radical (unpaired) electrons. The van der Waals surface area contributed by atoms with Crippen LogP contribution in [0.3, 0.4) is 0 Å². The highest BCUT2D eigenvalue weighted by Gasteiger charge is 2.17. The Bertz CT molecular complexity index is 642. The second kappa shape index (κ2) is 5.09. The zero-order valence-corrected chi connectivity index (χ0v) is 11.4. The number of hydrogen-bond acceptors (Lipinski definition) is 5. The zero-order chi connectivity index (χ0) is 13.2. The van der Waals surface area contributed by atoms with E-state index in [4.69, 9.17) is 5.11 Å². The number of carboxylic acid groups (broad SMARTS) is 1.